The van der Waals surface area contributed by atoms with Gasteiger partial charge >= 0.3 is 5.97 Å². The van der Waals surface area contributed by atoms with Crippen molar-refractivity contribution in [1.82, 2.24) is 0 Å². The highest BCUT2D eigenvalue weighted by molar-refractivity contribution is 6.31. The van der Waals surface area contributed by atoms with Gasteiger partial charge in [-0.3, -0.25) is 4.99 Å². The zero-order valence-corrected chi connectivity index (χ0v) is 20.2. The molecule has 2 aliphatic rings. The SMILES string of the molecule is C[C@@H]1C[C@@H](c2ccc(C(=O)O)cc2Cl)[C@H](c2ccc(Cl)cc2)CC[C@H]2[C@@H](C)N=C(N)[C@]12C. The van der Waals surface area contributed by atoms with Crippen molar-refractivity contribution in [3.05, 3.63) is 69.2 Å². The molecule has 1 fully saturated rings. The standard InChI is InChI=1S/C26H30Cl2N2O2/c1-14-12-21(20-9-6-17(24(31)32)13-23(20)28)19(16-4-7-18(27)8-5-16)10-11-22-15(2)30-25(29)26(14,22)3/h4-9,13-15,19,21-22H,10-12H2,1-3H3,(H2,29,30)(H,31,32)/t14-,15-,19+,21-,22+,26-/m1/s1. The van der Waals surface area contributed by atoms with Crippen LogP contribution >= 0.6 is 23.2 Å². The molecular formula is C26H30Cl2N2O2. The molecule has 0 radical (unpaired) electrons. The number of nitrogens with two attached hydrogens (primary N) is 1. The van der Waals surface area contributed by atoms with Gasteiger partial charge in [-0.2, -0.15) is 0 Å². The van der Waals surface area contributed by atoms with Gasteiger partial charge in [0.1, 0.15) is 5.84 Å². The largest absolute Gasteiger partial charge is 0.478 e. The highest BCUT2D eigenvalue weighted by atomic mass is 35.5. The number of carboxylic acids is 1. The zero-order chi connectivity index (χ0) is 23.2. The molecule has 4 nitrogen and oxygen atoms in total. The van der Waals surface area contributed by atoms with Crippen molar-refractivity contribution in [3.63, 3.8) is 0 Å². The number of carbonyl (C=O) groups is 1. The van der Waals surface area contributed by atoms with Crippen LogP contribution < -0.4 is 5.73 Å². The van der Waals surface area contributed by atoms with Crippen LogP contribution in [0.2, 0.25) is 10.0 Å². The van der Waals surface area contributed by atoms with Crippen LogP contribution in [0.5, 0.6) is 0 Å². The van der Waals surface area contributed by atoms with Gasteiger partial charge in [0.05, 0.1) is 11.6 Å². The van der Waals surface area contributed by atoms with Gasteiger partial charge in [-0.15, -0.1) is 0 Å². The Bertz CT molecular complexity index is 1050. The maximum atomic E-state index is 11.4. The smallest absolute Gasteiger partial charge is 0.335 e. The fourth-order valence-electron chi connectivity index (χ4n) is 6.06. The Hall–Kier alpha value is -2.04. The van der Waals surface area contributed by atoms with Gasteiger partial charge in [0.2, 0.25) is 0 Å². The molecule has 0 spiro atoms. The normalized spacial score (nSPS) is 32.5. The second-order valence-electron chi connectivity index (χ2n) is 9.66. The Labute approximate surface area is 199 Å². The summed E-state index contributed by atoms with van der Waals surface area (Å²) in [5.41, 5.74) is 8.77. The summed E-state index contributed by atoms with van der Waals surface area (Å²) in [6.45, 7) is 6.71. The number of fused-ring (bicyclic) bond motifs is 1. The molecule has 0 unspecified atom stereocenters. The first kappa shape index (κ1) is 23.1. The van der Waals surface area contributed by atoms with Crippen molar-refractivity contribution in [2.45, 2.75) is 57.9 Å². The van der Waals surface area contributed by atoms with Crippen LogP contribution in [0.1, 0.15) is 73.4 Å². The second kappa shape index (κ2) is 8.72. The molecule has 1 saturated carbocycles. The minimum atomic E-state index is -0.974. The topological polar surface area (TPSA) is 75.7 Å². The zero-order valence-electron chi connectivity index (χ0n) is 18.7. The summed E-state index contributed by atoms with van der Waals surface area (Å²) in [5, 5.41) is 10.6. The molecule has 1 aliphatic heterocycles. The van der Waals surface area contributed by atoms with Crippen molar-refractivity contribution in [3.8, 4) is 0 Å². The Morgan fingerprint density at radius 2 is 1.78 bits per heavy atom. The number of amidine groups is 1. The number of halogens is 2. The Kier molecular flexibility index (Phi) is 6.30. The third kappa shape index (κ3) is 3.92. The molecule has 32 heavy (non-hydrogen) atoms. The van der Waals surface area contributed by atoms with Crippen LogP contribution in [-0.4, -0.2) is 23.0 Å². The van der Waals surface area contributed by atoms with Gasteiger partial charge < -0.3 is 10.8 Å². The van der Waals surface area contributed by atoms with E-state index >= 15 is 0 Å². The van der Waals surface area contributed by atoms with Gasteiger partial charge in [-0.05, 0) is 85.3 Å². The predicted octanol–water partition coefficient (Wildman–Crippen LogP) is 6.76. The lowest BCUT2D eigenvalue weighted by Crippen LogP contribution is -2.45. The van der Waals surface area contributed by atoms with Crippen LogP contribution in [0.15, 0.2) is 47.5 Å². The number of rotatable bonds is 3. The molecule has 2 aromatic carbocycles. The van der Waals surface area contributed by atoms with Crippen molar-refractivity contribution in [2.75, 3.05) is 0 Å². The van der Waals surface area contributed by atoms with E-state index in [0.29, 0.717) is 16.0 Å². The molecule has 1 aliphatic carbocycles. The minimum absolute atomic E-state index is 0.128. The fourth-order valence-corrected chi connectivity index (χ4v) is 6.51. The molecule has 1 heterocycles. The van der Waals surface area contributed by atoms with E-state index in [2.05, 4.69) is 32.9 Å². The third-order valence-electron chi connectivity index (χ3n) is 8.10. The average Bonchev–Trinajstić information content (AvgIpc) is 2.96. The van der Waals surface area contributed by atoms with Crippen LogP contribution in [0.25, 0.3) is 0 Å². The first-order valence-corrected chi connectivity index (χ1v) is 12.0. The number of aliphatic imine (C=N–C) groups is 1. The van der Waals surface area contributed by atoms with Crippen molar-refractivity contribution in [1.29, 1.82) is 0 Å². The lowest BCUT2D eigenvalue weighted by Gasteiger charge is -2.45. The number of hydrogen-bond acceptors (Lipinski definition) is 3. The quantitative estimate of drug-likeness (QED) is 0.517. The lowest BCUT2D eigenvalue weighted by molar-refractivity contribution is 0.0697. The average molecular weight is 473 g/mol. The number of hydrogen-bond donors (Lipinski definition) is 2. The Balaban J connectivity index is 1.80. The predicted molar refractivity (Wildman–Crippen MR) is 131 cm³/mol. The Morgan fingerprint density at radius 3 is 2.41 bits per heavy atom. The van der Waals surface area contributed by atoms with Crippen molar-refractivity contribution < 1.29 is 9.90 Å². The molecule has 6 atom stereocenters. The summed E-state index contributed by atoms with van der Waals surface area (Å²) < 4.78 is 0. The summed E-state index contributed by atoms with van der Waals surface area (Å²) in [6.07, 6.45) is 2.87. The van der Waals surface area contributed by atoms with Crippen LogP contribution in [-0.2, 0) is 0 Å². The molecule has 0 aromatic heterocycles. The second-order valence-corrected chi connectivity index (χ2v) is 10.5. The van der Waals surface area contributed by atoms with Crippen LogP contribution in [0.3, 0.4) is 0 Å². The van der Waals surface area contributed by atoms with E-state index < -0.39 is 5.97 Å². The maximum Gasteiger partial charge on any atom is 0.335 e. The highest BCUT2D eigenvalue weighted by Crippen LogP contribution is 2.55. The summed E-state index contributed by atoms with van der Waals surface area (Å²) in [4.78, 5) is 16.2. The molecule has 0 amide bonds. The van der Waals surface area contributed by atoms with Gasteiger partial charge in [-0.25, -0.2) is 4.79 Å². The molecule has 6 heteroatoms. The minimum Gasteiger partial charge on any atom is -0.478 e. The van der Waals surface area contributed by atoms with E-state index in [1.807, 2.05) is 18.2 Å². The number of nitrogens with zero attached hydrogens (tertiary/aromatic N) is 1. The molecule has 0 saturated heterocycles. The van der Waals surface area contributed by atoms with Crippen molar-refractivity contribution in [2.24, 2.45) is 28.0 Å². The van der Waals surface area contributed by atoms with Crippen molar-refractivity contribution >= 4 is 35.0 Å². The van der Waals surface area contributed by atoms with E-state index in [1.54, 1.807) is 12.1 Å². The van der Waals surface area contributed by atoms with E-state index in [4.69, 9.17) is 33.9 Å². The summed E-state index contributed by atoms with van der Waals surface area (Å²) in [7, 11) is 0. The first-order chi connectivity index (χ1) is 15.1. The Morgan fingerprint density at radius 1 is 1.09 bits per heavy atom. The summed E-state index contributed by atoms with van der Waals surface area (Å²) >= 11 is 12.9. The lowest BCUT2D eigenvalue weighted by atomic mass is 9.59. The van der Waals surface area contributed by atoms with E-state index in [-0.39, 0.29) is 34.8 Å². The third-order valence-corrected chi connectivity index (χ3v) is 8.68. The maximum absolute atomic E-state index is 11.4. The van der Waals surface area contributed by atoms with E-state index in [9.17, 15) is 9.90 Å². The van der Waals surface area contributed by atoms with E-state index in [1.165, 1.54) is 5.56 Å². The van der Waals surface area contributed by atoms with Gasteiger partial charge in [0, 0.05) is 15.5 Å². The first-order valence-electron chi connectivity index (χ1n) is 11.2. The molecule has 2 aromatic rings. The van der Waals surface area contributed by atoms with Crippen LogP contribution in [0.4, 0.5) is 0 Å². The molecule has 4 rings (SSSR count). The van der Waals surface area contributed by atoms with Crippen LogP contribution in [0, 0.1) is 17.3 Å². The van der Waals surface area contributed by atoms with Gasteiger partial charge in [0.15, 0.2) is 0 Å². The van der Waals surface area contributed by atoms with Gasteiger partial charge in [0.25, 0.3) is 0 Å². The fraction of sp³-hybridized carbons (Fsp3) is 0.462. The highest BCUT2D eigenvalue weighted by Gasteiger charge is 2.51. The summed E-state index contributed by atoms with van der Waals surface area (Å²) in [6, 6.07) is 13.4. The molecule has 3 N–H and O–H groups in total. The molecule has 0 bridgehead atoms. The number of carboxylic acid groups (broad SMARTS) is 1. The molecule has 170 valence electrons. The number of aromatic carboxylic acids is 1. The number of benzene rings is 2. The molecular weight excluding hydrogens is 443 g/mol. The van der Waals surface area contributed by atoms with E-state index in [0.717, 1.165) is 30.7 Å². The summed E-state index contributed by atoms with van der Waals surface area (Å²) in [5.74, 6) is 0.843. The monoisotopic (exact) mass is 472 g/mol. The van der Waals surface area contributed by atoms with Gasteiger partial charge in [-0.1, -0.05) is 55.2 Å².